The molecule has 0 spiro atoms. The maximum atomic E-state index is 12.8. The molecule has 1 heterocycles. The van der Waals surface area contributed by atoms with Gasteiger partial charge < -0.3 is 5.32 Å². The average molecular weight is 425 g/mol. The van der Waals surface area contributed by atoms with Crippen molar-refractivity contribution in [3.05, 3.63) is 65.2 Å². The first-order valence-corrected chi connectivity index (χ1v) is 10.1. The summed E-state index contributed by atoms with van der Waals surface area (Å²) in [5.41, 5.74) is 5.83. The van der Waals surface area contributed by atoms with E-state index in [-0.39, 0.29) is 23.3 Å². The van der Waals surface area contributed by atoms with E-state index >= 15 is 0 Å². The van der Waals surface area contributed by atoms with E-state index in [1.807, 2.05) is 32.0 Å². The number of hydrogen-bond acceptors (Lipinski definition) is 4. The molecular formula is C22H24N4O3S. The minimum Gasteiger partial charge on any atom is -0.326 e. The standard InChI is InChI=1S/C22H24N4O3S/c1-4-25-21(29)18(13-19(27)23-17-11-10-14(2)12-15(17)3)26(22(25)30)24-20(28)16-8-6-5-7-9-16/h5-12,18H,4,13H2,1-3H3,(H,23,27)(H,24,28). The van der Waals surface area contributed by atoms with Gasteiger partial charge in [-0.25, -0.2) is 5.01 Å². The largest absolute Gasteiger partial charge is 0.326 e. The second kappa shape index (κ2) is 9.04. The minimum absolute atomic E-state index is 0.141. The number of benzene rings is 2. The number of hydrogen-bond donors (Lipinski definition) is 2. The number of thiocarbonyl (C=S) groups is 1. The van der Waals surface area contributed by atoms with Crippen LogP contribution >= 0.6 is 12.2 Å². The highest BCUT2D eigenvalue weighted by Crippen LogP contribution is 2.21. The Bertz CT molecular complexity index is 993. The first-order chi connectivity index (χ1) is 14.3. The predicted molar refractivity (Wildman–Crippen MR) is 119 cm³/mol. The Hall–Kier alpha value is -3.26. The van der Waals surface area contributed by atoms with Crippen molar-refractivity contribution in [2.24, 2.45) is 0 Å². The zero-order valence-electron chi connectivity index (χ0n) is 17.1. The van der Waals surface area contributed by atoms with Gasteiger partial charge in [0.15, 0.2) is 5.11 Å². The third kappa shape index (κ3) is 4.49. The third-order valence-electron chi connectivity index (χ3n) is 4.91. The molecule has 2 aromatic rings. The van der Waals surface area contributed by atoms with Crippen LogP contribution in [-0.2, 0) is 9.59 Å². The van der Waals surface area contributed by atoms with Crippen molar-refractivity contribution in [1.29, 1.82) is 0 Å². The van der Waals surface area contributed by atoms with E-state index in [1.165, 1.54) is 9.91 Å². The van der Waals surface area contributed by atoms with Crippen LogP contribution in [0.3, 0.4) is 0 Å². The Balaban J connectivity index is 1.77. The fourth-order valence-corrected chi connectivity index (χ4v) is 3.73. The molecule has 1 atom stereocenters. The van der Waals surface area contributed by atoms with Gasteiger partial charge >= 0.3 is 0 Å². The normalized spacial score (nSPS) is 16.0. The molecule has 7 nitrogen and oxygen atoms in total. The fraction of sp³-hybridized carbons (Fsp3) is 0.273. The molecule has 0 radical (unpaired) electrons. The molecule has 8 heteroatoms. The summed E-state index contributed by atoms with van der Waals surface area (Å²) in [6.07, 6.45) is -0.141. The number of rotatable bonds is 6. The van der Waals surface area contributed by atoms with Crippen molar-refractivity contribution >= 4 is 40.7 Å². The summed E-state index contributed by atoms with van der Waals surface area (Å²) in [7, 11) is 0. The van der Waals surface area contributed by atoms with Crippen molar-refractivity contribution in [3.63, 3.8) is 0 Å². The lowest BCUT2D eigenvalue weighted by Gasteiger charge is -2.24. The molecule has 156 valence electrons. The molecule has 3 amide bonds. The number of aryl methyl sites for hydroxylation is 2. The van der Waals surface area contributed by atoms with E-state index in [2.05, 4.69) is 10.7 Å². The minimum atomic E-state index is -0.907. The van der Waals surface area contributed by atoms with Gasteiger partial charge in [-0.1, -0.05) is 35.9 Å². The van der Waals surface area contributed by atoms with E-state index in [4.69, 9.17) is 12.2 Å². The van der Waals surface area contributed by atoms with Gasteiger partial charge in [0.25, 0.3) is 11.8 Å². The molecule has 0 saturated carbocycles. The van der Waals surface area contributed by atoms with Crippen molar-refractivity contribution in [3.8, 4) is 0 Å². The topological polar surface area (TPSA) is 81.8 Å². The maximum Gasteiger partial charge on any atom is 0.269 e. The molecule has 2 N–H and O–H groups in total. The van der Waals surface area contributed by atoms with Crippen molar-refractivity contribution in [2.45, 2.75) is 33.2 Å². The highest BCUT2D eigenvalue weighted by molar-refractivity contribution is 7.80. The molecule has 0 aromatic heterocycles. The lowest BCUT2D eigenvalue weighted by atomic mass is 10.1. The van der Waals surface area contributed by atoms with Crippen LogP contribution in [0.15, 0.2) is 48.5 Å². The van der Waals surface area contributed by atoms with Crippen LogP contribution in [0, 0.1) is 13.8 Å². The van der Waals surface area contributed by atoms with Gasteiger partial charge in [0.2, 0.25) is 5.91 Å². The highest BCUT2D eigenvalue weighted by Gasteiger charge is 2.43. The molecular weight excluding hydrogens is 400 g/mol. The van der Waals surface area contributed by atoms with Gasteiger partial charge in [0.05, 0.1) is 6.42 Å². The van der Waals surface area contributed by atoms with Gasteiger partial charge in [0, 0.05) is 17.8 Å². The highest BCUT2D eigenvalue weighted by atomic mass is 32.1. The van der Waals surface area contributed by atoms with Crippen molar-refractivity contribution < 1.29 is 14.4 Å². The lowest BCUT2D eigenvalue weighted by Crippen LogP contribution is -2.49. The molecule has 1 aliphatic rings. The molecule has 0 aliphatic carbocycles. The summed E-state index contributed by atoms with van der Waals surface area (Å²) in [6.45, 7) is 6.02. The quantitative estimate of drug-likeness (QED) is 0.697. The Morgan fingerprint density at radius 2 is 1.80 bits per heavy atom. The molecule has 1 unspecified atom stereocenters. The molecule has 1 fully saturated rings. The Morgan fingerprint density at radius 3 is 2.43 bits per heavy atom. The Labute approximate surface area is 181 Å². The number of nitrogens with one attached hydrogen (secondary N) is 2. The molecule has 0 bridgehead atoms. The Kier molecular flexibility index (Phi) is 6.47. The first-order valence-electron chi connectivity index (χ1n) is 9.69. The first kappa shape index (κ1) is 21.4. The number of likely N-dealkylation sites (N-methyl/N-ethyl adjacent to an activating group) is 1. The van der Waals surface area contributed by atoms with E-state index in [0.29, 0.717) is 17.8 Å². The number of amides is 3. The van der Waals surface area contributed by atoms with Crippen molar-refractivity contribution in [1.82, 2.24) is 15.3 Å². The summed E-state index contributed by atoms with van der Waals surface area (Å²) in [6, 6.07) is 13.4. The van der Waals surface area contributed by atoms with E-state index in [1.54, 1.807) is 37.3 Å². The average Bonchev–Trinajstić information content (AvgIpc) is 2.94. The molecule has 3 rings (SSSR count). The monoisotopic (exact) mass is 424 g/mol. The third-order valence-corrected chi connectivity index (χ3v) is 5.33. The van der Waals surface area contributed by atoms with Gasteiger partial charge in [-0.3, -0.25) is 24.7 Å². The molecule has 1 aliphatic heterocycles. The number of nitrogens with zero attached hydrogens (tertiary/aromatic N) is 2. The van der Waals surface area contributed by atoms with Crippen LogP contribution in [0.5, 0.6) is 0 Å². The summed E-state index contributed by atoms with van der Waals surface area (Å²) in [5, 5.41) is 4.34. The van der Waals surface area contributed by atoms with Gasteiger partial charge in [-0.05, 0) is 56.8 Å². The number of carbonyl (C=O) groups excluding carboxylic acids is 3. The summed E-state index contributed by atoms with van der Waals surface area (Å²) < 4.78 is 0. The van der Waals surface area contributed by atoms with Crippen LogP contribution in [-0.4, -0.2) is 45.3 Å². The summed E-state index contributed by atoms with van der Waals surface area (Å²) in [4.78, 5) is 39.5. The lowest BCUT2D eigenvalue weighted by molar-refractivity contribution is -0.130. The Morgan fingerprint density at radius 1 is 1.10 bits per heavy atom. The van der Waals surface area contributed by atoms with E-state index < -0.39 is 11.9 Å². The smallest absolute Gasteiger partial charge is 0.269 e. The van der Waals surface area contributed by atoms with Crippen LogP contribution in [0.1, 0.15) is 34.8 Å². The molecule has 30 heavy (non-hydrogen) atoms. The molecule has 1 saturated heterocycles. The van der Waals surface area contributed by atoms with E-state index in [9.17, 15) is 14.4 Å². The summed E-state index contributed by atoms with van der Waals surface area (Å²) >= 11 is 5.39. The van der Waals surface area contributed by atoms with Gasteiger partial charge in [0.1, 0.15) is 6.04 Å². The number of anilines is 1. The second-order valence-corrected chi connectivity index (χ2v) is 7.49. The van der Waals surface area contributed by atoms with Gasteiger partial charge in [-0.15, -0.1) is 0 Å². The van der Waals surface area contributed by atoms with E-state index in [0.717, 1.165) is 11.1 Å². The van der Waals surface area contributed by atoms with Gasteiger partial charge in [-0.2, -0.15) is 0 Å². The predicted octanol–water partition coefficient (Wildman–Crippen LogP) is 2.79. The van der Waals surface area contributed by atoms with Crippen molar-refractivity contribution in [2.75, 3.05) is 11.9 Å². The zero-order valence-corrected chi connectivity index (χ0v) is 18.0. The van der Waals surface area contributed by atoms with Crippen LogP contribution in [0.4, 0.5) is 5.69 Å². The van der Waals surface area contributed by atoms with Crippen LogP contribution in [0.2, 0.25) is 0 Å². The van der Waals surface area contributed by atoms with Crippen LogP contribution < -0.4 is 10.7 Å². The van der Waals surface area contributed by atoms with Crippen LogP contribution in [0.25, 0.3) is 0 Å². The number of carbonyl (C=O) groups is 3. The fourth-order valence-electron chi connectivity index (χ4n) is 3.34. The molecule has 2 aromatic carbocycles. The summed E-state index contributed by atoms with van der Waals surface area (Å²) in [5.74, 6) is -1.05. The maximum absolute atomic E-state index is 12.8. The number of hydrazine groups is 1. The SMILES string of the molecule is CCN1C(=O)C(CC(=O)Nc2ccc(C)cc2C)N(NC(=O)c2ccccc2)C1=S. The second-order valence-electron chi connectivity index (χ2n) is 7.13. The zero-order chi connectivity index (χ0) is 21.8.